The molecule has 0 radical (unpaired) electrons. The Bertz CT molecular complexity index is 815. The first-order valence-corrected chi connectivity index (χ1v) is 9.02. The van der Waals surface area contributed by atoms with Crippen molar-refractivity contribution in [2.75, 3.05) is 13.1 Å². The van der Waals surface area contributed by atoms with Crippen LogP contribution in [0.4, 0.5) is 0 Å². The molecule has 4 nitrogen and oxygen atoms in total. The monoisotopic (exact) mass is 333 g/mol. The molecule has 4 heteroatoms. The van der Waals surface area contributed by atoms with Crippen LogP contribution in [-0.2, 0) is 17.6 Å². The van der Waals surface area contributed by atoms with Gasteiger partial charge in [0.1, 0.15) is 5.65 Å². The van der Waals surface area contributed by atoms with Crippen LogP contribution in [0, 0.1) is 5.92 Å². The zero-order valence-electron chi connectivity index (χ0n) is 14.3. The fourth-order valence-corrected chi connectivity index (χ4v) is 3.67. The normalized spacial score (nSPS) is 15.6. The Morgan fingerprint density at radius 2 is 1.80 bits per heavy atom. The third-order valence-corrected chi connectivity index (χ3v) is 5.08. The quantitative estimate of drug-likeness (QED) is 0.734. The largest absolute Gasteiger partial charge is 0.342 e. The average Bonchev–Trinajstić information content (AvgIpc) is 3.05. The van der Waals surface area contributed by atoms with Crippen LogP contribution in [0.15, 0.2) is 60.9 Å². The number of imidazole rings is 1. The highest BCUT2D eigenvalue weighted by Gasteiger charge is 2.23. The smallest absolute Gasteiger partial charge is 0.228 e. The Morgan fingerprint density at radius 3 is 2.56 bits per heavy atom. The van der Waals surface area contributed by atoms with Gasteiger partial charge in [-0.05, 0) is 42.9 Å². The third kappa shape index (κ3) is 3.73. The van der Waals surface area contributed by atoms with Gasteiger partial charge in [-0.3, -0.25) is 4.79 Å². The molecule has 2 aromatic heterocycles. The lowest BCUT2D eigenvalue weighted by Crippen LogP contribution is -2.39. The molecule has 1 aliphatic heterocycles. The van der Waals surface area contributed by atoms with Crippen molar-refractivity contribution in [2.45, 2.75) is 25.7 Å². The molecule has 128 valence electrons. The van der Waals surface area contributed by atoms with Gasteiger partial charge in [-0.1, -0.05) is 36.4 Å². The molecule has 0 N–H and O–H groups in total. The molecule has 4 rings (SSSR count). The van der Waals surface area contributed by atoms with Crippen LogP contribution < -0.4 is 0 Å². The molecule has 3 heterocycles. The number of carbonyl (C=O) groups excluding carboxylic acids is 1. The minimum absolute atomic E-state index is 0.196. The highest BCUT2D eigenvalue weighted by atomic mass is 16.2. The molecule has 0 bridgehead atoms. The van der Waals surface area contributed by atoms with E-state index >= 15 is 0 Å². The van der Waals surface area contributed by atoms with Crippen LogP contribution in [-0.4, -0.2) is 33.3 Å². The summed E-state index contributed by atoms with van der Waals surface area (Å²) in [4.78, 5) is 19.1. The summed E-state index contributed by atoms with van der Waals surface area (Å²) < 4.78 is 1.97. The Balaban J connectivity index is 1.32. The van der Waals surface area contributed by atoms with Gasteiger partial charge in [0.15, 0.2) is 0 Å². The SMILES string of the molecule is O=C(Cc1cn2ccccc2n1)N1CCC(Cc2ccccc2)CC1. The Hall–Kier alpha value is -2.62. The number of hydrogen-bond acceptors (Lipinski definition) is 2. The number of carbonyl (C=O) groups is 1. The maximum Gasteiger partial charge on any atom is 0.228 e. The molecule has 1 amide bonds. The predicted octanol–water partition coefficient (Wildman–Crippen LogP) is 3.36. The topological polar surface area (TPSA) is 37.6 Å². The van der Waals surface area contributed by atoms with E-state index < -0.39 is 0 Å². The predicted molar refractivity (Wildman–Crippen MR) is 98.3 cm³/mol. The molecular formula is C21H23N3O. The van der Waals surface area contributed by atoms with Crippen molar-refractivity contribution in [3.8, 4) is 0 Å². The van der Waals surface area contributed by atoms with Crippen molar-refractivity contribution in [1.29, 1.82) is 0 Å². The second kappa shape index (κ2) is 7.09. The van der Waals surface area contributed by atoms with Gasteiger partial charge in [0.05, 0.1) is 12.1 Å². The first-order chi connectivity index (χ1) is 12.3. The third-order valence-electron chi connectivity index (χ3n) is 5.08. The zero-order chi connectivity index (χ0) is 17.1. The lowest BCUT2D eigenvalue weighted by Gasteiger charge is -2.32. The average molecular weight is 333 g/mol. The summed E-state index contributed by atoms with van der Waals surface area (Å²) in [6.45, 7) is 1.73. The van der Waals surface area contributed by atoms with Crippen LogP contribution in [0.25, 0.3) is 5.65 Å². The highest BCUT2D eigenvalue weighted by molar-refractivity contribution is 5.78. The molecule has 0 saturated carbocycles. The van der Waals surface area contributed by atoms with Gasteiger partial charge < -0.3 is 9.30 Å². The first kappa shape index (κ1) is 15.9. The van der Waals surface area contributed by atoms with Crippen molar-refractivity contribution in [1.82, 2.24) is 14.3 Å². The van der Waals surface area contributed by atoms with Gasteiger partial charge in [0.2, 0.25) is 5.91 Å². The van der Waals surface area contributed by atoms with Gasteiger partial charge in [0.25, 0.3) is 0 Å². The number of fused-ring (bicyclic) bond motifs is 1. The fraction of sp³-hybridized carbons (Fsp3) is 0.333. The molecular weight excluding hydrogens is 310 g/mol. The zero-order valence-corrected chi connectivity index (χ0v) is 14.3. The minimum Gasteiger partial charge on any atom is -0.342 e. The molecule has 1 saturated heterocycles. The van der Waals surface area contributed by atoms with Crippen molar-refractivity contribution in [3.63, 3.8) is 0 Å². The summed E-state index contributed by atoms with van der Waals surface area (Å²) in [5.74, 6) is 0.878. The fourth-order valence-electron chi connectivity index (χ4n) is 3.67. The van der Waals surface area contributed by atoms with Crippen LogP contribution >= 0.6 is 0 Å². The van der Waals surface area contributed by atoms with E-state index in [0.29, 0.717) is 12.3 Å². The maximum atomic E-state index is 12.6. The highest BCUT2D eigenvalue weighted by Crippen LogP contribution is 2.22. The van der Waals surface area contributed by atoms with E-state index in [-0.39, 0.29) is 5.91 Å². The van der Waals surface area contributed by atoms with Crippen molar-refractivity contribution in [3.05, 3.63) is 72.2 Å². The van der Waals surface area contributed by atoms with Gasteiger partial charge in [-0.15, -0.1) is 0 Å². The van der Waals surface area contributed by atoms with Gasteiger partial charge in [-0.2, -0.15) is 0 Å². The van der Waals surface area contributed by atoms with Crippen LogP contribution in [0.2, 0.25) is 0 Å². The summed E-state index contributed by atoms with van der Waals surface area (Å²) >= 11 is 0. The van der Waals surface area contributed by atoms with E-state index in [2.05, 4.69) is 35.3 Å². The molecule has 0 atom stereocenters. The Labute approximate surface area is 148 Å². The number of nitrogens with zero attached hydrogens (tertiary/aromatic N) is 3. The van der Waals surface area contributed by atoms with E-state index in [1.54, 1.807) is 0 Å². The summed E-state index contributed by atoms with van der Waals surface area (Å²) in [6, 6.07) is 16.5. The van der Waals surface area contributed by atoms with E-state index in [4.69, 9.17) is 0 Å². The Morgan fingerprint density at radius 1 is 1.04 bits per heavy atom. The molecule has 1 fully saturated rings. The molecule has 0 unspecified atom stereocenters. The number of likely N-dealkylation sites (tertiary alicyclic amines) is 1. The number of piperidine rings is 1. The molecule has 1 aliphatic rings. The number of rotatable bonds is 4. The Kier molecular flexibility index (Phi) is 4.51. The van der Waals surface area contributed by atoms with Crippen molar-refractivity contribution >= 4 is 11.6 Å². The molecule has 0 spiro atoms. The van der Waals surface area contributed by atoms with Gasteiger partial charge in [-0.25, -0.2) is 4.98 Å². The standard InChI is InChI=1S/C21H23N3O/c25-21(15-19-16-24-11-5-4-8-20(24)22-19)23-12-9-18(10-13-23)14-17-6-2-1-3-7-17/h1-8,11,16,18H,9-10,12-15H2. The second-order valence-electron chi connectivity index (χ2n) is 6.89. The number of aromatic nitrogens is 2. The molecule has 3 aromatic rings. The van der Waals surface area contributed by atoms with Crippen LogP contribution in [0.1, 0.15) is 24.1 Å². The number of pyridine rings is 1. The van der Waals surface area contributed by atoms with Crippen molar-refractivity contribution in [2.24, 2.45) is 5.92 Å². The lowest BCUT2D eigenvalue weighted by molar-refractivity contribution is -0.131. The van der Waals surface area contributed by atoms with Gasteiger partial charge >= 0.3 is 0 Å². The molecule has 1 aromatic carbocycles. The van der Waals surface area contributed by atoms with Crippen LogP contribution in [0.3, 0.4) is 0 Å². The minimum atomic E-state index is 0.196. The number of amides is 1. The van der Waals surface area contributed by atoms with Crippen LogP contribution in [0.5, 0.6) is 0 Å². The van der Waals surface area contributed by atoms with E-state index in [0.717, 1.165) is 43.7 Å². The summed E-state index contributed by atoms with van der Waals surface area (Å²) in [5.41, 5.74) is 3.14. The first-order valence-electron chi connectivity index (χ1n) is 9.02. The second-order valence-corrected chi connectivity index (χ2v) is 6.89. The summed E-state index contributed by atoms with van der Waals surface area (Å²) in [7, 11) is 0. The number of benzene rings is 1. The van der Waals surface area contributed by atoms with E-state index in [1.807, 2.05) is 39.9 Å². The molecule has 25 heavy (non-hydrogen) atoms. The van der Waals surface area contributed by atoms with E-state index in [9.17, 15) is 4.79 Å². The van der Waals surface area contributed by atoms with E-state index in [1.165, 1.54) is 5.56 Å². The van der Waals surface area contributed by atoms with Gasteiger partial charge in [0, 0.05) is 25.5 Å². The number of hydrogen-bond donors (Lipinski definition) is 0. The maximum absolute atomic E-state index is 12.6. The van der Waals surface area contributed by atoms with Crippen molar-refractivity contribution < 1.29 is 4.79 Å². The lowest BCUT2D eigenvalue weighted by atomic mass is 9.90. The molecule has 0 aliphatic carbocycles. The summed E-state index contributed by atoms with van der Waals surface area (Å²) in [5, 5.41) is 0. The summed E-state index contributed by atoms with van der Waals surface area (Å²) in [6.07, 6.45) is 7.61.